The Balaban J connectivity index is 1.80. The van der Waals surface area contributed by atoms with Gasteiger partial charge in [-0.05, 0) is 6.07 Å². The molecule has 2 heterocycles. The molecule has 0 aliphatic carbocycles. The third-order valence-corrected chi connectivity index (χ3v) is 1.83. The summed E-state index contributed by atoms with van der Waals surface area (Å²) in [5, 5.41) is 7.31. The molecule has 2 rings (SSSR count). The summed E-state index contributed by atoms with van der Waals surface area (Å²) in [5.41, 5.74) is 0. The molecular weight excluding hydrogens is 192 g/mol. The summed E-state index contributed by atoms with van der Waals surface area (Å²) in [5.74, 6) is 1.54. The number of aryl methyl sites for hydroxylation is 1. The molecule has 0 spiro atoms. The van der Waals surface area contributed by atoms with Gasteiger partial charge in [0.2, 0.25) is 0 Å². The van der Waals surface area contributed by atoms with Crippen LogP contribution in [0.3, 0.4) is 0 Å². The van der Waals surface area contributed by atoms with Crippen LogP contribution < -0.4 is 5.32 Å². The van der Waals surface area contributed by atoms with Gasteiger partial charge in [-0.2, -0.15) is 5.10 Å². The number of nitrogens with zero attached hydrogens (tertiary/aromatic N) is 5. The average molecular weight is 204 g/mol. The molecule has 78 valence electrons. The van der Waals surface area contributed by atoms with E-state index in [0.29, 0.717) is 13.1 Å². The number of aromatic nitrogens is 5. The molecule has 6 nitrogen and oxygen atoms in total. The minimum atomic E-state index is 0.624. The zero-order valence-electron chi connectivity index (χ0n) is 8.46. The molecule has 0 unspecified atom stereocenters. The second-order valence-electron chi connectivity index (χ2n) is 3.10. The molecule has 0 bridgehead atoms. The Bertz CT molecular complexity index is 410. The summed E-state index contributed by atoms with van der Waals surface area (Å²) < 4.78 is 1.68. The molecule has 15 heavy (non-hydrogen) atoms. The maximum atomic E-state index is 4.14. The van der Waals surface area contributed by atoms with Gasteiger partial charge in [-0.3, -0.25) is 4.68 Å². The van der Waals surface area contributed by atoms with Crippen LogP contribution in [-0.2, 0) is 20.1 Å². The average Bonchev–Trinajstić information content (AvgIpc) is 2.66. The maximum absolute atomic E-state index is 4.14. The highest BCUT2D eigenvalue weighted by Gasteiger charge is 1.98. The Hall–Kier alpha value is -1.82. The lowest BCUT2D eigenvalue weighted by molar-refractivity contribution is 0.629. The Labute approximate surface area is 87.4 Å². The first-order valence-corrected chi connectivity index (χ1v) is 4.66. The summed E-state index contributed by atoms with van der Waals surface area (Å²) in [6.07, 6.45) is 5.13. The first-order valence-electron chi connectivity index (χ1n) is 4.66. The molecule has 0 atom stereocenters. The van der Waals surface area contributed by atoms with Crippen molar-refractivity contribution in [2.45, 2.75) is 13.1 Å². The van der Waals surface area contributed by atoms with Gasteiger partial charge in [-0.15, -0.1) is 0 Å². The minimum absolute atomic E-state index is 0.624. The second kappa shape index (κ2) is 4.61. The predicted molar refractivity (Wildman–Crippen MR) is 53.6 cm³/mol. The third kappa shape index (κ3) is 2.81. The van der Waals surface area contributed by atoms with Gasteiger partial charge in [0, 0.05) is 19.4 Å². The van der Waals surface area contributed by atoms with Crippen LogP contribution in [0, 0.1) is 0 Å². The summed E-state index contributed by atoms with van der Waals surface area (Å²) in [7, 11) is 1.84. The highest BCUT2D eigenvalue weighted by molar-refractivity contribution is 4.88. The highest BCUT2D eigenvalue weighted by atomic mass is 15.3. The van der Waals surface area contributed by atoms with E-state index in [1.165, 1.54) is 0 Å². The van der Waals surface area contributed by atoms with Crippen LogP contribution in [-0.4, -0.2) is 24.7 Å². The van der Waals surface area contributed by atoms with Gasteiger partial charge in [0.1, 0.15) is 12.2 Å². The lowest BCUT2D eigenvalue weighted by atomic mass is 10.5. The number of nitrogens with one attached hydrogen (secondary N) is 1. The van der Waals surface area contributed by atoms with E-state index in [1.807, 2.05) is 7.05 Å². The first-order chi connectivity index (χ1) is 7.34. The highest BCUT2D eigenvalue weighted by Crippen LogP contribution is 1.90. The molecule has 1 N–H and O–H groups in total. The third-order valence-electron chi connectivity index (χ3n) is 1.83. The fourth-order valence-corrected chi connectivity index (χ4v) is 1.17. The molecule has 0 aliphatic rings. The fourth-order valence-electron chi connectivity index (χ4n) is 1.17. The van der Waals surface area contributed by atoms with Crippen molar-refractivity contribution >= 4 is 0 Å². The lowest BCUT2D eigenvalue weighted by Gasteiger charge is -1.99. The summed E-state index contributed by atoms with van der Waals surface area (Å²) >= 11 is 0. The van der Waals surface area contributed by atoms with Crippen LogP contribution in [0.2, 0.25) is 0 Å². The van der Waals surface area contributed by atoms with Gasteiger partial charge in [0.15, 0.2) is 5.82 Å². The zero-order valence-corrected chi connectivity index (χ0v) is 8.46. The lowest BCUT2D eigenvalue weighted by Crippen LogP contribution is -2.15. The van der Waals surface area contributed by atoms with Gasteiger partial charge < -0.3 is 5.32 Å². The summed E-state index contributed by atoms with van der Waals surface area (Å²) in [4.78, 5) is 12.3. The number of rotatable bonds is 4. The van der Waals surface area contributed by atoms with Crippen molar-refractivity contribution in [3.05, 3.63) is 36.4 Å². The Morgan fingerprint density at radius 1 is 1.13 bits per heavy atom. The van der Waals surface area contributed by atoms with Crippen molar-refractivity contribution in [2.24, 2.45) is 7.05 Å². The van der Waals surface area contributed by atoms with E-state index >= 15 is 0 Å². The van der Waals surface area contributed by atoms with Crippen molar-refractivity contribution in [2.75, 3.05) is 0 Å². The van der Waals surface area contributed by atoms with Crippen LogP contribution in [0.5, 0.6) is 0 Å². The summed E-state index contributed by atoms with van der Waals surface area (Å²) in [6, 6.07) is 1.80. The van der Waals surface area contributed by atoms with Crippen molar-refractivity contribution in [1.29, 1.82) is 0 Å². The normalized spacial score (nSPS) is 10.5. The van der Waals surface area contributed by atoms with Crippen LogP contribution >= 0.6 is 0 Å². The van der Waals surface area contributed by atoms with E-state index < -0.39 is 0 Å². The minimum Gasteiger partial charge on any atom is -0.303 e. The molecule has 0 amide bonds. The maximum Gasteiger partial charge on any atom is 0.164 e. The van der Waals surface area contributed by atoms with E-state index in [9.17, 15) is 0 Å². The molecule has 2 aromatic rings. The topological polar surface area (TPSA) is 68.5 Å². The van der Waals surface area contributed by atoms with Crippen molar-refractivity contribution in [3.63, 3.8) is 0 Å². The standard InChI is InChI=1S/C9H12N6/c1-15-7-13-9(14-15)6-10-5-8-11-3-2-4-12-8/h2-4,7,10H,5-6H2,1H3. The van der Waals surface area contributed by atoms with E-state index in [2.05, 4.69) is 25.4 Å². The van der Waals surface area contributed by atoms with E-state index in [-0.39, 0.29) is 0 Å². The Morgan fingerprint density at radius 2 is 1.87 bits per heavy atom. The predicted octanol–water partition coefficient (Wildman–Crippen LogP) is -0.105. The molecule has 0 aliphatic heterocycles. The monoisotopic (exact) mass is 204 g/mol. The van der Waals surface area contributed by atoms with Crippen LogP contribution in [0.4, 0.5) is 0 Å². The second-order valence-corrected chi connectivity index (χ2v) is 3.10. The number of hydrogen-bond acceptors (Lipinski definition) is 5. The van der Waals surface area contributed by atoms with Gasteiger partial charge in [-0.1, -0.05) is 0 Å². The molecular formula is C9H12N6. The SMILES string of the molecule is Cn1cnc(CNCc2ncccn2)n1. The van der Waals surface area contributed by atoms with Crippen LogP contribution in [0.15, 0.2) is 24.8 Å². The molecule has 0 fully saturated rings. The van der Waals surface area contributed by atoms with Gasteiger partial charge >= 0.3 is 0 Å². The van der Waals surface area contributed by atoms with Gasteiger partial charge in [0.25, 0.3) is 0 Å². The molecule has 0 aromatic carbocycles. The fraction of sp³-hybridized carbons (Fsp3) is 0.333. The summed E-state index contributed by atoms with van der Waals surface area (Å²) in [6.45, 7) is 1.25. The Kier molecular flexibility index (Phi) is 2.99. The van der Waals surface area contributed by atoms with E-state index in [0.717, 1.165) is 11.6 Å². The van der Waals surface area contributed by atoms with E-state index in [4.69, 9.17) is 0 Å². The molecule has 0 saturated heterocycles. The zero-order chi connectivity index (χ0) is 10.5. The van der Waals surface area contributed by atoms with Crippen LogP contribution in [0.25, 0.3) is 0 Å². The largest absolute Gasteiger partial charge is 0.303 e. The molecule has 6 heteroatoms. The van der Waals surface area contributed by atoms with Crippen molar-refractivity contribution in [1.82, 2.24) is 30.0 Å². The van der Waals surface area contributed by atoms with E-state index in [1.54, 1.807) is 29.5 Å². The van der Waals surface area contributed by atoms with Crippen molar-refractivity contribution in [3.8, 4) is 0 Å². The van der Waals surface area contributed by atoms with Crippen LogP contribution in [0.1, 0.15) is 11.6 Å². The van der Waals surface area contributed by atoms with Gasteiger partial charge in [0.05, 0.1) is 13.1 Å². The van der Waals surface area contributed by atoms with Crippen molar-refractivity contribution < 1.29 is 0 Å². The quantitative estimate of drug-likeness (QED) is 0.753. The Morgan fingerprint density at radius 3 is 2.53 bits per heavy atom. The molecule has 2 aromatic heterocycles. The van der Waals surface area contributed by atoms with Gasteiger partial charge in [-0.25, -0.2) is 15.0 Å². The molecule has 0 saturated carbocycles. The smallest absolute Gasteiger partial charge is 0.164 e. The molecule has 0 radical (unpaired) electrons. The number of hydrogen-bond donors (Lipinski definition) is 1. The first kappa shape index (κ1) is 9.72.